The number of hydrogen-bond acceptors (Lipinski definition) is 10. The molecule has 10 nitrogen and oxygen atoms in total. The Hall–Kier alpha value is -3.66. The molecule has 0 aromatic heterocycles. The first-order valence-corrected chi connectivity index (χ1v) is 11.7. The van der Waals surface area contributed by atoms with Crippen LogP contribution < -0.4 is 23.7 Å². The summed E-state index contributed by atoms with van der Waals surface area (Å²) in [6.07, 6.45) is -1.67. The average Bonchev–Trinajstić information content (AvgIpc) is 3.13. The van der Waals surface area contributed by atoms with Crippen molar-refractivity contribution in [2.45, 2.75) is 57.2 Å². The molecule has 0 aliphatic carbocycles. The van der Waals surface area contributed by atoms with Crippen molar-refractivity contribution in [2.75, 3.05) is 21.3 Å². The van der Waals surface area contributed by atoms with Crippen LogP contribution >= 0.6 is 0 Å². The van der Waals surface area contributed by atoms with Crippen molar-refractivity contribution in [3.8, 4) is 28.7 Å². The number of carbonyl (C=O) groups is 2. The minimum absolute atomic E-state index is 0.153. The van der Waals surface area contributed by atoms with Crippen LogP contribution in [0.3, 0.4) is 0 Å². The highest BCUT2D eigenvalue weighted by Gasteiger charge is 2.55. The molecule has 3 heterocycles. The molecule has 0 bridgehead atoms. The van der Waals surface area contributed by atoms with Crippen molar-refractivity contribution >= 4 is 11.9 Å². The molecule has 5 rings (SSSR count). The lowest BCUT2D eigenvalue weighted by Crippen LogP contribution is -2.47. The van der Waals surface area contributed by atoms with Crippen molar-refractivity contribution in [1.82, 2.24) is 0 Å². The third kappa shape index (κ3) is 3.59. The average molecular weight is 501 g/mol. The number of aliphatic hydroxyl groups is 1. The van der Waals surface area contributed by atoms with Gasteiger partial charge >= 0.3 is 11.9 Å². The lowest BCUT2D eigenvalue weighted by molar-refractivity contribution is -0.180. The van der Waals surface area contributed by atoms with Gasteiger partial charge in [0, 0.05) is 12.8 Å². The van der Waals surface area contributed by atoms with Crippen molar-refractivity contribution in [1.29, 1.82) is 0 Å². The molecule has 2 aromatic rings. The Morgan fingerprint density at radius 1 is 1.06 bits per heavy atom. The summed E-state index contributed by atoms with van der Waals surface area (Å²) in [6.45, 7) is 3.46. The lowest BCUT2D eigenvalue weighted by atomic mass is 9.88. The minimum Gasteiger partial charge on any atom is -0.496 e. The number of benzene rings is 2. The van der Waals surface area contributed by atoms with Gasteiger partial charge in [0.15, 0.2) is 29.1 Å². The first kappa shape index (κ1) is 24.1. The van der Waals surface area contributed by atoms with Crippen LogP contribution in [0.25, 0.3) is 0 Å². The molecule has 3 atom stereocenters. The van der Waals surface area contributed by atoms with Crippen molar-refractivity contribution in [3.05, 3.63) is 40.5 Å². The van der Waals surface area contributed by atoms with Gasteiger partial charge in [-0.2, -0.15) is 0 Å². The third-order valence-electron chi connectivity index (χ3n) is 6.61. The van der Waals surface area contributed by atoms with Gasteiger partial charge in [-0.15, -0.1) is 0 Å². The van der Waals surface area contributed by atoms with E-state index in [1.165, 1.54) is 21.3 Å². The Morgan fingerprint density at radius 2 is 1.75 bits per heavy atom. The molecular weight excluding hydrogens is 472 g/mol. The van der Waals surface area contributed by atoms with E-state index in [9.17, 15) is 14.7 Å². The number of carbonyl (C=O) groups excluding carboxylic acids is 2. The number of fused-ring (bicyclic) bond motifs is 3. The van der Waals surface area contributed by atoms with E-state index in [-0.39, 0.29) is 29.6 Å². The topological polar surface area (TPSA) is 119 Å². The van der Waals surface area contributed by atoms with Crippen LogP contribution in [0.1, 0.15) is 53.4 Å². The standard InChI is InChI=1S/C26H28O10/c1-12(2)33-24(28)17-11-14-10-13-8-9-26(35-20(13)22(32-5)18(14)25(29)34-17)23(27)19-15(30-3)6-7-16(31-4)21(19)36-26/h6-7,10,12,17,23,27H,8-9,11H2,1-5H3/t17?,23-,26-/m1/s1. The van der Waals surface area contributed by atoms with E-state index >= 15 is 0 Å². The first-order valence-electron chi connectivity index (χ1n) is 11.7. The Bertz CT molecular complexity index is 1240. The molecule has 1 N–H and O–H groups in total. The molecule has 10 heteroatoms. The zero-order chi connectivity index (χ0) is 25.8. The van der Waals surface area contributed by atoms with E-state index < -0.39 is 29.9 Å². The van der Waals surface area contributed by atoms with E-state index in [4.69, 9.17) is 33.2 Å². The minimum atomic E-state index is -1.49. The number of esters is 2. The number of hydrogen-bond donors (Lipinski definition) is 1. The van der Waals surface area contributed by atoms with Crippen molar-refractivity contribution in [2.24, 2.45) is 0 Å². The van der Waals surface area contributed by atoms with Gasteiger partial charge in [0.1, 0.15) is 11.3 Å². The van der Waals surface area contributed by atoms with E-state index in [1.807, 2.05) is 6.07 Å². The summed E-state index contributed by atoms with van der Waals surface area (Å²) in [7, 11) is 4.42. The first-order chi connectivity index (χ1) is 17.2. The predicted octanol–water partition coefficient (Wildman–Crippen LogP) is 2.89. The van der Waals surface area contributed by atoms with Crippen molar-refractivity contribution in [3.63, 3.8) is 0 Å². The van der Waals surface area contributed by atoms with Gasteiger partial charge in [0.25, 0.3) is 5.79 Å². The second-order valence-electron chi connectivity index (χ2n) is 9.15. The van der Waals surface area contributed by atoms with E-state index in [2.05, 4.69) is 0 Å². The van der Waals surface area contributed by atoms with Gasteiger partial charge in [-0.3, -0.25) is 0 Å². The number of methoxy groups -OCH3 is 3. The molecule has 0 fully saturated rings. The Balaban J connectivity index is 1.53. The largest absolute Gasteiger partial charge is 0.496 e. The molecule has 0 radical (unpaired) electrons. The van der Waals surface area contributed by atoms with Gasteiger partial charge in [0.05, 0.1) is 33.0 Å². The molecule has 1 spiro atoms. The molecule has 1 unspecified atom stereocenters. The van der Waals surface area contributed by atoms with Crippen LogP contribution in [-0.2, 0) is 27.1 Å². The van der Waals surface area contributed by atoms with Gasteiger partial charge in [-0.05, 0) is 43.5 Å². The normalized spacial score (nSPS) is 23.6. The maximum atomic E-state index is 13.0. The summed E-state index contributed by atoms with van der Waals surface area (Å²) < 4.78 is 39.7. The fourth-order valence-corrected chi connectivity index (χ4v) is 5.01. The van der Waals surface area contributed by atoms with Gasteiger partial charge < -0.3 is 38.3 Å². The molecular formula is C26H28O10. The van der Waals surface area contributed by atoms with Crippen LogP contribution in [0.2, 0.25) is 0 Å². The van der Waals surface area contributed by atoms with Crippen LogP contribution in [0.15, 0.2) is 18.2 Å². The Kier molecular flexibility index (Phi) is 5.86. The second kappa shape index (κ2) is 8.77. The smallest absolute Gasteiger partial charge is 0.348 e. The number of ether oxygens (including phenoxy) is 7. The molecule has 3 aliphatic rings. The summed E-state index contributed by atoms with van der Waals surface area (Å²) in [6, 6.07) is 5.19. The molecule has 0 saturated carbocycles. The highest BCUT2D eigenvalue weighted by atomic mass is 16.7. The fourth-order valence-electron chi connectivity index (χ4n) is 5.01. The van der Waals surface area contributed by atoms with Crippen molar-refractivity contribution < 1.29 is 47.9 Å². The SMILES string of the molecule is COc1ccc(OC)c2c1O[C@]1(CCc3cc4c(c(OC)c3O1)C(=O)OC(C(=O)OC(C)C)C4)[C@@H]2O. The van der Waals surface area contributed by atoms with Crippen LogP contribution in [0, 0.1) is 0 Å². The third-order valence-corrected chi connectivity index (χ3v) is 6.61. The summed E-state index contributed by atoms with van der Waals surface area (Å²) >= 11 is 0. The van der Waals surface area contributed by atoms with E-state index in [0.717, 1.165) is 5.56 Å². The maximum absolute atomic E-state index is 13.0. The Morgan fingerprint density at radius 3 is 2.42 bits per heavy atom. The molecule has 0 amide bonds. The molecule has 2 aromatic carbocycles. The summed E-state index contributed by atoms with van der Waals surface area (Å²) in [4.78, 5) is 25.4. The van der Waals surface area contributed by atoms with Gasteiger partial charge in [-0.1, -0.05) is 6.07 Å². The van der Waals surface area contributed by atoms with Crippen LogP contribution in [0.5, 0.6) is 28.7 Å². The van der Waals surface area contributed by atoms with E-state index in [0.29, 0.717) is 41.2 Å². The number of cyclic esters (lactones) is 1. The number of aliphatic hydroxyl groups excluding tert-OH is 1. The molecule has 192 valence electrons. The Labute approximate surface area is 207 Å². The predicted molar refractivity (Wildman–Crippen MR) is 124 cm³/mol. The van der Waals surface area contributed by atoms with Gasteiger partial charge in [0.2, 0.25) is 6.10 Å². The van der Waals surface area contributed by atoms with E-state index in [1.54, 1.807) is 26.0 Å². The number of rotatable bonds is 5. The number of aryl methyl sites for hydroxylation is 1. The summed E-state index contributed by atoms with van der Waals surface area (Å²) in [5.41, 5.74) is 1.95. The molecule has 36 heavy (non-hydrogen) atoms. The zero-order valence-corrected chi connectivity index (χ0v) is 20.7. The molecule has 3 aliphatic heterocycles. The monoisotopic (exact) mass is 500 g/mol. The zero-order valence-electron chi connectivity index (χ0n) is 20.7. The van der Waals surface area contributed by atoms with Gasteiger partial charge in [-0.25, -0.2) is 9.59 Å². The maximum Gasteiger partial charge on any atom is 0.348 e. The lowest BCUT2D eigenvalue weighted by Gasteiger charge is -2.38. The highest BCUT2D eigenvalue weighted by Crippen LogP contribution is 2.57. The summed E-state index contributed by atoms with van der Waals surface area (Å²) in [5.74, 6) is -1.18. The van der Waals surface area contributed by atoms with Crippen LogP contribution in [-0.4, -0.2) is 56.4 Å². The fraction of sp³-hybridized carbons (Fsp3) is 0.462. The quantitative estimate of drug-likeness (QED) is 0.614. The molecule has 0 saturated heterocycles. The summed E-state index contributed by atoms with van der Waals surface area (Å²) in [5, 5.41) is 11.4. The van der Waals surface area contributed by atoms with Crippen LogP contribution in [0.4, 0.5) is 0 Å². The highest BCUT2D eigenvalue weighted by molar-refractivity contribution is 5.98. The second-order valence-corrected chi connectivity index (χ2v) is 9.15.